The number of aryl methyl sites for hydroxylation is 2. The van der Waals surface area contributed by atoms with Crippen LogP contribution in [0.25, 0.3) is 11.1 Å². The van der Waals surface area contributed by atoms with Gasteiger partial charge in [0.2, 0.25) is 0 Å². The largest absolute Gasteiger partial charge is 0.465 e. The summed E-state index contributed by atoms with van der Waals surface area (Å²) in [5, 5.41) is 18.4. The van der Waals surface area contributed by atoms with Crippen molar-refractivity contribution >= 4 is 11.9 Å². The molecule has 2 atom stereocenters. The first-order chi connectivity index (χ1) is 23.8. The molecule has 0 bridgehead atoms. The van der Waals surface area contributed by atoms with Gasteiger partial charge in [0.25, 0.3) is 0 Å². The monoisotopic (exact) mass is 674 g/mol. The third kappa shape index (κ3) is 12.7. The minimum atomic E-state index is -0.619. The van der Waals surface area contributed by atoms with Gasteiger partial charge in [-0.3, -0.25) is 4.79 Å². The van der Waals surface area contributed by atoms with Crippen molar-refractivity contribution in [2.75, 3.05) is 26.4 Å². The molecule has 0 aliphatic heterocycles. The average molecular weight is 675 g/mol. The highest BCUT2D eigenvalue weighted by atomic mass is 16.5. The number of carbonyl (C=O) groups excluding carboxylic acids is 2. The fourth-order valence-corrected chi connectivity index (χ4v) is 7.84. The van der Waals surface area contributed by atoms with Crippen LogP contribution in [0.1, 0.15) is 108 Å². The van der Waals surface area contributed by atoms with Crippen molar-refractivity contribution in [1.82, 2.24) is 0 Å². The molecule has 270 valence electrons. The van der Waals surface area contributed by atoms with Crippen LogP contribution in [-0.4, -0.2) is 48.6 Å². The Morgan fingerprint density at radius 2 is 1.27 bits per heavy atom. The van der Waals surface area contributed by atoms with Crippen LogP contribution in [0.15, 0.2) is 60.7 Å². The molecule has 0 saturated heterocycles. The Kier molecular flexibility index (Phi) is 16.4. The highest BCUT2D eigenvalue weighted by molar-refractivity contribution is 5.87. The molecule has 0 radical (unpaired) electrons. The number of carbonyl (C=O) groups is 2. The average Bonchev–Trinajstić information content (AvgIpc) is 3.15. The normalized spacial score (nSPS) is 22.2. The van der Waals surface area contributed by atoms with Gasteiger partial charge < -0.3 is 19.7 Å². The second kappa shape index (κ2) is 20.7. The molecule has 2 aliphatic carbocycles. The molecule has 2 aromatic carbocycles. The van der Waals surface area contributed by atoms with Crippen molar-refractivity contribution in [2.24, 2.45) is 35.5 Å². The minimum absolute atomic E-state index is 0.0155. The summed E-state index contributed by atoms with van der Waals surface area (Å²) in [6.07, 6.45) is 18.5. The summed E-state index contributed by atoms with van der Waals surface area (Å²) in [4.78, 5) is 24.2. The number of aliphatic hydroxyl groups excluding tert-OH is 2. The van der Waals surface area contributed by atoms with Crippen molar-refractivity contribution in [2.45, 2.75) is 110 Å². The first kappa shape index (κ1) is 38.8. The molecule has 0 amide bonds. The van der Waals surface area contributed by atoms with Crippen molar-refractivity contribution < 1.29 is 29.3 Å². The lowest BCUT2D eigenvalue weighted by Crippen LogP contribution is -2.27. The van der Waals surface area contributed by atoms with Gasteiger partial charge in [0.05, 0.1) is 37.9 Å². The minimum Gasteiger partial charge on any atom is -0.465 e. The van der Waals surface area contributed by atoms with Gasteiger partial charge in [0.15, 0.2) is 0 Å². The first-order valence-electron chi connectivity index (χ1n) is 19.2. The number of hydrogen-bond donors (Lipinski definition) is 2. The van der Waals surface area contributed by atoms with Crippen LogP contribution in [0.2, 0.25) is 0 Å². The zero-order chi connectivity index (χ0) is 35.0. The zero-order valence-electron chi connectivity index (χ0n) is 30.3. The Labute approximate surface area is 295 Å². The molecule has 2 aliphatic rings. The molecule has 2 aromatic rings. The summed E-state index contributed by atoms with van der Waals surface area (Å²) in [5.74, 6) is 1.43. The molecule has 2 N–H and O–H groups in total. The number of rotatable bonds is 19. The van der Waals surface area contributed by atoms with Crippen LogP contribution in [0.3, 0.4) is 0 Å². The maximum atomic E-state index is 12.1. The van der Waals surface area contributed by atoms with Crippen LogP contribution in [-0.2, 0) is 31.9 Å². The third-order valence-corrected chi connectivity index (χ3v) is 11.4. The predicted octanol–water partition coefficient (Wildman–Crippen LogP) is 8.90. The maximum Gasteiger partial charge on any atom is 0.335 e. The summed E-state index contributed by atoms with van der Waals surface area (Å²) < 4.78 is 10.8. The lowest BCUT2D eigenvalue weighted by atomic mass is 9.68. The van der Waals surface area contributed by atoms with Gasteiger partial charge in [-0.15, -0.1) is 0 Å². The van der Waals surface area contributed by atoms with E-state index in [0.29, 0.717) is 5.92 Å². The smallest absolute Gasteiger partial charge is 0.335 e. The maximum absolute atomic E-state index is 12.1. The molecule has 4 rings (SSSR count). The van der Waals surface area contributed by atoms with Gasteiger partial charge in [-0.1, -0.05) is 94.1 Å². The molecule has 2 fully saturated rings. The van der Waals surface area contributed by atoms with Gasteiger partial charge in [-0.25, -0.2) is 4.79 Å². The molecular weight excluding hydrogens is 612 g/mol. The molecule has 0 heterocycles. The SMILES string of the molecule is C=C(CO)C(=O)OCC(CCC1CCC(C2CCC(CCc3ccc(-c4ccc(CCCC)cc4)cc3)CC2)CC1)COC(=O)C(C)CO. The van der Waals surface area contributed by atoms with Crippen molar-refractivity contribution in [1.29, 1.82) is 0 Å². The lowest BCUT2D eigenvalue weighted by molar-refractivity contribution is -0.152. The van der Waals surface area contributed by atoms with Gasteiger partial charge in [0, 0.05) is 5.92 Å². The zero-order valence-corrected chi connectivity index (χ0v) is 30.3. The van der Waals surface area contributed by atoms with E-state index in [4.69, 9.17) is 14.6 Å². The van der Waals surface area contributed by atoms with E-state index in [1.807, 2.05) is 0 Å². The van der Waals surface area contributed by atoms with Crippen LogP contribution >= 0.6 is 0 Å². The standard InChI is InChI=1S/C43H62O6/c1-4-5-6-33-11-19-38(20-12-33)39-21-13-34(14-22-39)7-8-35-15-23-40(24-16-35)41-25-17-36(18-26-41)9-10-37(29-48-42(46)31(2)27-44)30-49-43(47)32(3)28-45/h11-14,19-22,32,35-37,40-41,44-45H,2,4-10,15-18,23-30H2,1,3H3. The fraction of sp³-hybridized carbons (Fsp3) is 0.628. The predicted molar refractivity (Wildman–Crippen MR) is 197 cm³/mol. The fourth-order valence-electron chi connectivity index (χ4n) is 7.84. The molecule has 2 saturated carbocycles. The van der Waals surface area contributed by atoms with Gasteiger partial charge in [-0.2, -0.15) is 0 Å². The topological polar surface area (TPSA) is 93.1 Å². The van der Waals surface area contributed by atoms with E-state index in [2.05, 4.69) is 62.0 Å². The van der Waals surface area contributed by atoms with Crippen molar-refractivity contribution in [3.8, 4) is 11.1 Å². The molecule has 0 aromatic heterocycles. The van der Waals surface area contributed by atoms with Gasteiger partial charge in [0.1, 0.15) is 0 Å². The van der Waals surface area contributed by atoms with E-state index in [0.717, 1.165) is 30.6 Å². The van der Waals surface area contributed by atoms with Gasteiger partial charge in [-0.05, 0) is 117 Å². The van der Waals surface area contributed by atoms with E-state index in [1.165, 1.54) is 106 Å². The van der Waals surface area contributed by atoms with E-state index in [-0.39, 0.29) is 31.3 Å². The number of hydrogen-bond acceptors (Lipinski definition) is 6. The van der Waals surface area contributed by atoms with Gasteiger partial charge >= 0.3 is 11.9 Å². The second-order valence-electron chi connectivity index (χ2n) is 15.1. The first-order valence-corrected chi connectivity index (χ1v) is 19.2. The Bertz CT molecular complexity index is 1270. The van der Waals surface area contributed by atoms with E-state index in [1.54, 1.807) is 6.92 Å². The Balaban J connectivity index is 1.14. The van der Waals surface area contributed by atoms with Crippen LogP contribution in [0.4, 0.5) is 0 Å². The highest BCUT2D eigenvalue weighted by Gasteiger charge is 2.31. The molecule has 49 heavy (non-hydrogen) atoms. The van der Waals surface area contributed by atoms with E-state index < -0.39 is 24.5 Å². The lowest BCUT2D eigenvalue weighted by Gasteiger charge is -2.38. The quantitative estimate of drug-likeness (QED) is 0.114. The van der Waals surface area contributed by atoms with Crippen molar-refractivity contribution in [3.63, 3.8) is 0 Å². The van der Waals surface area contributed by atoms with E-state index in [9.17, 15) is 14.7 Å². The summed E-state index contributed by atoms with van der Waals surface area (Å²) in [7, 11) is 0. The van der Waals surface area contributed by atoms with Crippen molar-refractivity contribution in [3.05, 3.63) is 71.8 Å². The number of aliphatic hydroxyl groups is 2. The molecule has 0 spiro atoms. The molecule has 6 nitrogen and oxygen atoms in total. The Hall–Kier alpha value is -2.96. The number of ether oxygens (including phenoxy) is 2. The number of esters is 2. The van der Waals surface area contributed by atoms with E-state index >= 15 is 0 Å². The third-order valence-electron chi connectivity index (χ3n) is 11.4. The molecular formula is C43H62O6. The number of unbranched alkanes of at least 4 members (excludes halogenated alkanes) is 1. The van der Waals surface area contributed by atoms with Crippen LogP contribution < -0.4 is 0 Å². The summed E-state index contributed by atoms with van der Waals surface area (Å²) in [6.45, 7) is 6.97. The second-order valence-corrected chi connectivity index (χ2v) is 15.1. The Morgan fingerprint density at radius 3 is 1.78 bits per heavy atom. The number of benzene rings is 2. The summed E-state index contributed by atoms with van der Waals surface area (Å²) >= 11 is 0. The molecule has 2 unspecified atom stereocenters. The molecule has 6 heteroatoms. The highest BCUT2D eigenvalue weighted by Crippen LogP contribution is 2.43. The van der Waals surface area contributed by atoms with Crippen LogP contribution in [0.5, 0.6) is 0 Å². The Morgan fingerprint density at radius 1 is 0.755 bits per heavy atom. The summed E-state index contributed by atoms with van der Waals surface area (Å²) in [6, 6.07) is 18.4. The van der Waals surface area contributed by atoms with Crippen LogP contribution in [0, 0.1) is 35.5 Å². The summed E-state index contributed by atoms with van der Waals surface area (Å²) in [5.41, 5.74) is 5.52.